The summed E-state index contributed by atoms with van der Waals surface area (Å²) in [5, 5.41) is 10.1. The zero-order valence-corrected chi connectivity index (χ0v) is 8.11. The number of hydrogen-bond donors (Lipinski definition) is 2. The molecule has 0 aliphatic heterocycles. The number of aromatic amines is 1. The standard InChI is InChI=1S/C9H11BN2O2/c1-6-7-3-4-11-9(7)12-5-8(6)14-10(2)13/h3-5,13H,1-2H3,(H,11,12). The van der Waals surface area contributed by atoms with Crippen molar-refractivity contribution in [2.24, 2.45) is 0 Å². The van der Waals surface area contributed by atoms with E-state index in [1.165, 1.54) is 0 Å². The van der Waals surface area contributed by atoms with Gasteiger partial charge in [0, 0.05) is 17.1 Å². The molecule has 0 aliphatic rings. The van der Waals surface area contributed by atoms with Crippen molar-refractivity contribution >= 4 is 18.2 Å². The predicted molar refractivity (Wildman–Crippen MR) is 55.3 cm³/mol. The number of fused-ring (bicyclic) bond motifs is 1. The molecule has 0 saturated carbocycles. The van der Waals surface area contributed by atoms with Crippen LogP contribution in [-0.4, -0.2) is 22.1 Å². The Morgan fingerprint density at radius 2 is 2.36 bits per heavy atom. The van der Waals surface area contributed by atoms with Crippen LogP contribution in [0.3, 0.4) is 0 Å². The molecular weight excluding hydrogens is 179 g/mol. The van der Waals surface area contributed by atoms with Crippen molar-refractivity contribution in [3.63, 3.8) is 0 Å². The molecule has 2 aromatic heterocycles. The van der Waals surface area contributed by atoms with E-state index in [0.717, 1.165) is 16.6 Å². The molecule has 0 spiro atoms. The summed E-state index contributed by atoms with van der Waals surface area (Å²) in [4.78, 5) is 7.18. The number of H-pyrrole nitrogens is 1. The molecule has 2 rings (SSSR count). The van der Waals surface area contributed by atoms with Crippen LogP contribution in [0, 0.1) is 6.92 Å². The zero-order chi connectivity index (χ0) is 10.1. The first kappa shape index (κ1) is 9.08. The van der Waals surface area contributed by atoms with Crippen molar-refractivity contribution < 1.29 is 9.68 Å². The summed E-state index contributed by atoms with van der Waals surface area (Å²) in [6, 6.07) is 1.94. The maximum Gasteiger partial charge on any atom is 0.519 e. The highest BCUT2D eigenvalue weighted by molar-refractivity contribution is 6.41. The van der Waals surface area contributed by atoms with E-state index >= 15 is 0 Å². The molecule has 2 heterocycles. The van der Waals surface area contributed by atoms with Gasteiger partial charge in [0.1, 0.15) is 11.4 Å². The van der Waals surface area contributed by atoms with Gasteiger partial charge in [-0.25, -0.2) is 4.98 Å². The van der Waals surface area contributed by atoms with Crippen LogP contribution in [-0.2, 0) is 0 Å². The molecule has 0 fully saturated rings. The van der Waals surface area contributed by atoms with E-state index in [1.54, 1.807) is 13.0 Å². The number of aryl methyl sites for hydroxylation is 1. The highest BCUT2D eigenvalue weighted by Crippen LogP contribution is 2.24. The monoisotopic (exact) mass is 190 g/mol. The highest BCUT2D eigenvalue weighted by atomic mass is 16.5. The normalized spacial score (nSPS) is 10.5. The summed E-state index contributed by atoms with van der Waals surface area (Å²) in [6.45, 7) is 3.51. The molecule has 5 heteroatoms. The fourth-order valence-corrected chi connectivity index (χ4v) is 1.43. The number of hydrogen-bond acceptors (Lipinski definition) is 3. The van der Waals surface area contributed by atoms with Gasteiger partial charge in [-0.3, -0.25) is 0 Å². The van der Waals surface area contributed by atoms with E-state index in [0.29, 0.717) is 5.75 Å². The van der Waals surface area contributed by atoms with Crippen molar-refractivity contribution in [2.45, 2.75) is 13.7 Å². The Bertz CT molecular complexity index is 453. The lowest BCUT2D eigenvalue weighted by molar-refractivity contribution is 0.422. The SMILES string of the molecule is CB(O)Oc1cnc2[nH]ccc2c1C. The Kier molecular flexibility index (Phi) is 2.17. The van der Waals surface area contributed by atoms with E-state index in [2.05, 4.69) is 9.97 Å². The second kappa shape index (κ2) is 3.34. The van der Waals surface area contributed by atoms with Crippen LogP contribution in [0.2, 0.25) is 6.82 Å². The van der Waals surface area contributed by atoms with E-state index in [4.69, 9.17) is 9.68 Å². The Morgan fingerprint density at radius 3 is 3.07 bits per heavy atom. The summed E-state index contributed by atoms with van der Waals surface area (Å²) in [6.07, 6.45) is 3.44. The second-order valence-electron chi connectivity index (χ2n) is 3.20. The predicted octanol–water partition coefficient (Wildman–Crippen LogP) is 1.36. The molecule has 2 aromatic rings. The summed E-state index contributed by atoms with van der Waals surface area (Å²) in [5.74, 6) is 0.618. The highest BCUT2D eigenvalue weighted by Gasteiger charge is 2.11. The maximum absolute atomic E-state index is 9.10. The number of pyridine rings is 1. The van der Waals surface area contributed by atoms with Gasteiger partial charge in [-0.2, -0.15) is 0 Å². The Labute approximate surface area is 82.1 Å². The maximum atomic E-state index is 9.10. The smallest absolute Gasteiger partial charge is 0.519 e. The van der Waals surface area contributed by atoms with E-state index in [-0.39, 0.29) is 0 Å². The van der Waals surface area contributed by atoms with Crippen LogP contribution in [0.1, 0.15) is 5.56 Å². The topological polar surface area (TPSA) is 58.1 Å². The van der Waals surface area contributed by atoms with Crippen LogP contribution in [0.5, 0.6) is 5.75 Å². The summed E-state index contributed by atoms with van der Waals surface area (Å²) in [5.41, 5.74) is 1.82. The minimum absolute atomic E-state index is 0.618. The number of nitrogens with zero attached hydrogens (tertiary/aromatic N) is 1. The van der Waals surface area contributed by atoms with Gasteiger partial charge in [0.2, 0.25) is 0 Å². The quantitative estimate of drug-likeness (QED) is 0.702. The molecule has 0 amide bonds. The number of aromatic nitrogens is 2. The van der Waals surface area contributed by atoms with Crippen LogP contribution in [0.25, 0.3) is 11.0 Å². The third kappa shape index (κ3) is 1.46. The van der Waals surface area contributed by atoms with Crippen molar-refractivity contribution in [1.82, 2.24) is 9.97 Å². The van der Waals surface area contributed by atoms with Crippen LogP contribution >= 0.6 is 0 Å². The van der Waals surface area contributed by atoms with Gasteiger partial charge >= 0.3 is 7.12 Å². The first-order chi connectivity index (χ1) is 6.68. The van der Waals surface area contributed by atoms with Crippen molar-refractivity contribution in [1.29, 1.82) is 0 Å². The lowest BCUT2D eigenvalue weighted by Crippen LogP contribution is -2.16. The van der Waals surface area contributed by atoms with Gasteiger partial charge in [0.25, 0.3) is 0 Å². The van der Waals surface area contributed by atoms with Crippen LogP contribution in [0.15, 0.2) is 18.5 Å². The average molecular weight is 190 g/mol. The molecule has 0 radical (unpaired) electrons. The Morgan fingerprint density at radius 1 is 1.57 bits per heavy atom. The number of rotatable bonds is 2. The van der Waals surface area contributed by atoms with Gasteiger partial charge < -0.3 is 14.7 Å². The Hall–Kier alpha value is -1.49. The summed E-state index contributed by atoms with van der Waals surface area (Å²) >= 11 is 0. The van der Waals surface area contributed by atoms with Crippen molar-refractivity contribution in [3.8, 4) is 5.75 Å². The summed E-state index contributed by atoms with van der Waals surface area (Å²) < 4.78 is 5.20. The molecule has 2 N–H and O–H groups in total. The molecule has 0 aromatic carbocycles. The molecule has 0 atom stereocenters. The molecule has 0 saturated heterocycles. The molecule has 14 heavy (non-hydrogen) atoms. The molecule has 0 aliphatic carbocycles. The van der Waals surface area contributed by atoms with Gasteiger partial charge in [0.15, 0.2) is 0 Å². The second-order valence-corrected chi connectivity index (χ2v) is 3.20. The van der Waals surface area contributed by atoms with E-state index < -0.39 is 7.12 Å². The first-order valence-electron chi connectivity index (χ1n) is 4.46. The Balaban J connectivity index is 2.51. The molecular formula is C9H11BN2O2. The molecule has 72 valence electrons. The van der Waals surface area contributed by atoms with E-state index in [1.807, 2.05) is 19.2 Å². The fourth-order valence-electron chi connectivity index (χ4n) is 1.43. The van der Waals surface area contributed by atoms with Gasteiger partial charge in [0.05, 0.1) is 6.20 Å². The molecule has 0 bridgehead atoms. The van der Waals surface area contributed by atoms with Crippen LogP contribution < -0.4 is 4.65 Å². The fraction of sp³-hybridized carbons (Fsp3) is 0.222. The number of nitrogens with one attached hydrogen (secondary N) is 1. The lowest BCUT2D eigenvalue weighted by Gasteiger charge is -2.09. The third-order valence-corrected chi connectivity index (χ3v) is 2.11. The minimum atomic E-state index is -0.813. The van der Waals surface area contributed by atoms with E-state index in [9.17, 15) is 0 Å². The first-order valence-corrected chi connectivity index (χ1v) is 4.46. The third-order valence-electron chi connectivity index (χ3n) is 2.11. The van der Waals surface area contributed by atoms with Gasteiger partial charge in [-0.05, 0) is 19.8 Å². The molecule has 4 nitrogen and oxygen atoms in total. The zero-order valence-electron chi connectivity index (χ0n) is 8.11. The van der Waals surface area contributed by atoms with Crippen molar-refractivity contribution in [3.05, 3.63) is 24.0 Å². The average Bonchev–Trinajstić information content (AvgIpc) is 2.57. The molecule has 0 unspecified atom stereocenters. The van der Waals surface area contributed by atoms with Crippen molar-refractivity contribution in [2.75, 3.05) is 0 Å². The van der Waals surface area contributed by atoms with Crippen LogP contribution in [0.4, 0.5) is 0 Å². The minimum Gasteiger partial charge on any atom is -0.535 e. The largest absolute Gasteiger partial charge is 0.535 e. The summed E-state index contributed by atoms with van der Waals surface area (Å²) in [7, 11) is -0.813. The van der Waals surface area contributed by atoms with Gasteiger partial charge in [-0.1, -0.05) is 0 Å². The van der Waals surface area contributed by atoms with Gasteiger partial charge in [-0.15, -0.1) is 0 Å². The lowest BCUT2D eigenvalue weighted by atomic mass is 9.96.